The van der Waals surface area contributed by atoms with Crippen molar-refractivity contribution in [1.29, 1.82) is 0 Å². The van der Waals surface area contributed by atoms with E-state index in [2.05, 4.69) is 14.9 Å². The van der Waals surface area contributed by atoms with Crippen LogP contribution in [0.5, 0.6) is 0 Å². The number of rotatable bonds is 6. The molecule has 0 N–H and O–H groups in total. The highest BCUT2D eigenvalue weighted by Gasteiger charge is 2.38. The average molecular weight is 563 g/mol. The number of carbonyl (C=O) groups excluding carboxylic acids is 1. The summed E-state index contributed by atoms with van der Waals surface area (Å²) in [7, 11) is 0.0797. The number of hydrogen-bond donors (Lipinski definition) is 0. The van der Waals surface area contributed by atoms with Crippen LogP contribution in [0.1, 0.15) is 19.8 Å². The number of sulfonamides is 1. The first-order valence-corrected chi connectivity index (χ1v) is 15.0. The SMILES string of the molecule is C[C@@H]1CN(S(=O)(=O)c2cc3ccc(Cl)cc3s2)CC(=O)N1CC1CCN(c2ccnc(N(C)C)n2)CC1. The lowest BCUT2D eigenvalue weighted by Gasteiger charge is -2.42. The van der Waals surface area contributed by atoms with Gasteiger partial charge in [-0.1, -0.05) is 17.7 Å². The maximum Gasteiger partial charge on any atom is 0.253 e. The Labute approximate surface area is 226 Å². The molecular weight excluding hydrogens is 532 g/mol. The van der Waals surface area contributed by atoms with Crippen LogP contribution in [0.2, 0.25) is 5.02 Å². The van der Waals surface area contributed by atoms with E-state index in [4.69, 9.17) is 11.6 Å². The predicted molar refractivity (Wildman–Crippen MR) is 148 cm³/mol. The fourth-order valence-corrected chi connectivity index (χ4v) is 8.30. The molecule has 0 aliphatic carbocycles. The van der Waals surface area contributed by atoms with Crippen molar-refractivity contribution >= 4 is 60.7 Å². The van der Waals surface area contributed by atoms with Crippen molar-refractivity contribution < 1.29 is 13.2 Å². The minimum absolute atomic E-state index is 0.130. The van der Waals surface area contributed by atoms with E-state index in [0.29, 0.717) is 23.4 Å². The third-order valence-corrected chi connectivity index (χ3v) is 10.7. The summed E-state index contributed by atoms with van der Waals surface area (Å²) in [6.45, 7) is 4.46. The number of benzene rings is 1. The number of fused-ring (bicyclic) bond motifs is 1. The largest absolute Gasteiger partial charge is 0.356 e. The van der Waals surface area contributed by atoms with E-state index in [-0.39, 0.29) is 29.2 Å². The molecule has 2 saturated heterocycles. The molecule has 0 saturated carbocycles. The number of aromatic nitrogens is 2. The van der Waals surface area contributed by atoms with Crippen LogP contribution in [-0.4, -0.2) is 86.4 Å². The molecular formula is C25H31ClN6O3S2. The molecule has 2 fully saturated rings. The summed E-state index contributed by atoms with van der Waals surface area (Å²) >= 11 is 7.26. The van der Waals surface area contributed by atoms with Crippen molar-refractivity contribution in [2.75, 3.05) is 56.6 Å². The zero-order valence-electron chi connectivity index (χ0n) is 21.2. The Morgan fingerprint density at radius 1 is 1.16 bits per heavy atom. The van der Waals surface area contributed by atoms with Gasteiger partial charge in [-0.25, -0.2) is 13.4 Å². The van der Waals surface area contributed by atoms with Gasteiger partial charge in [0.2, 0.25) is 11.9 Å². The predicted octanol–water partition coefficient (Wildman–Crippen LogP) is 3.55. The van der Waals surface area contributed by atoms with E-state index < -0.39 is 10.0 Å². The lowest BCUT2D eigenvalue weighted by molar-refractivity contribution is -0.137. The Balaban J connectivity index is 1.21. The molecule has 12 heteroatoms. The van der Waals surface area contributed by atoms with Gasteiger partial charge in [-0.3, -0.25) is 4.79 Å². The Bertz CT molecular complexity index is 1400. The molecule has 5 rings (SSSR count). The van der Waals surface area contributed by atoms with Gasteiger partial charge in [0, 0.05) is 62.2 Å². The van der Waals surface area contributed by atoms with Gasteiger partial charge in [-0.2, -0.15) is 9.29 Å². The average Bonchev–Trinajstić information content (AvgIpc) is 3.31. The third-order valence-electron chi connectivity index (χ3n) is 7.11. The van der Waals surface area contributed by atoms with Crippen LogP contribution in [0.15, 0.2) is 40.7 Å². The number of hydrogen-bond acceptors (Lipinski definition) is 8. The maximum atomic E-state index is 13.4. The third kappa shape index (κ3) is 5.41. The molecule has 3 aromatic rings. The highest BCUT2D eigenvalue weighted by molar-refractivity contribution is 7.91. The summed E-state index contributed by atoms with van der Waals surface area (Å²) in [6.07, 6.45) is 3.68. The summed E-state index contributed by atoms with van der Waals surface area (Å²) in [5.74, 6) is 1.84. The Kier molecular flexibility index (Phi) is 7.32. The smallest absolute Gasteiger partial charge is 0.253 e. The van der Waals surface area contributed by atoms with Crippen LogP contribution in [0.4, 0.5) is 11.8 Å². The van der Waals surface area contributed by atoms with Crippen LogP contribution in [0, 0.1) is 5.92 Å². The minimum Gasteiger partial charge on any atom is -0.356 e. The minimum atomic E-state index is -3.77. The normalized spacial score (nSPS) is 20.1. The van der Waals surface area contributed by atoms with Gasteiger partial charge in [0.1, 0.15) is 10.0 Å². The number of piperazine rings is 1. The molecule has 0 radical (unpaired) electrons. The Morgan fingerprint density at radius 3 is 2.62 bits per heavy atom. The zero-order chi connectivity index (χ0) is 26.3. The number of thiophene rings is 1. The first-order valence-electron chi connectivity index (χ1n) is 12.4. The van der Waals surface area contributed by atoms with Gasteiger partial charge in [0.25, 0.3) is 10.0 Å². The summed E-state index contributed by atoms with van der Waals surface area (Å²) in [6, 6.07) is 8.74. The lowest BCUT2D eigenvalue weighted by Crippen LogP contribution is -2.58. The molecule has 0 spiro atoms. The maximum absolute atomic E-state index is 13.4. The molecule has 1 atom stereocenters. The van der Waals surface area contributed by atoms with E-state index in [1.165, 1.54) is 15.6 Å². The van der Waals surface area contributed by atoms with E-state index in [0.717, 1.165) is 41.8 Å². The summed E-state index contributed by atoms with van der Waals surface area (Å²) in [4.78, 5) is 28.1. The molecule has 198 valence electrons. The Morgan fingerprint density at radius 2 is 1.92 bits per heavy atom. The van der Waals surface area contributed by atoms with Gasteiger partial charge >= 0.3 is 0 Å². The monoisotopic (exact) mass is 562 g/mol. The van der Waals surface area contributed by atoms with E-state index >= 15 is 0 Å². The summed E-state index contributed by atoms with van der Waals surface area (Å²) in [5, 5.41) is 1.40. The molecule has 2 aromatic heterocycles. The highest BCUT2D eigenvalue weighted by atomic mass is 35.5. The van der Waals surface area contributed by atoms with Gasteiger partial charge in [0.05, 0.1) is 6.54 Å². The van der Waals surface area contributed by atoms with Crippen molar-refractivity contribution in [1.82, 2.24) is 19.2 Å². The first kappa shape index (κ1) is 26.1. The number of amides is 1. The molecule has 0 bridgehead atoms. The fraction of sp³-hybridized carbons (Fsp3) is 0.480. The van der Waals surface area contributed by atoms with Crippen molar-refractivity contribution in [2.45, 2.75) is 30.0 Å². The highest BCUT2D eigenvalue weighted by Crippen LogP contribution is 2.34. The van der Waals surface area contributed by atoms with Crippen LogP contribution in [0.3, 0.4) is 0 Å². The quantitative estimate of drug-likeness (QED) is 0.454. The molecule has 2 aliphatic heterocycles. The zero-order valence-corrected chi connectivity index (χ0v) is 23.6. The first-order chi connectivity index (χ1) is 17.6. The van der Waals surface area contributed by atoms with Crippen LogP contribution < -0.4 is 9.80 Å². The van der Waals surface area contributed by atoms with E-state index in [1.807, 2.05) is 43.0 Å². The second-order valence-electron chi connectivity index (χ2n) is 9.98. The molecule has 9 nitrogen and oxygen atoms in total. The van der Waals surface area contributed by atoms with Crippen LogP contribution in [-0.2, 0) is 14.8 Å². The van der Waals surface area contributed by atoms with Gasteiger partial charge in [-0.05, 0) is 55.3 Å². The molecule has 0 unspecified atom stereocenters. The van der Waals surface area contributed by atoms with Gasteiger partial charge < -0.3 is 14.7 Å². The number of anilines is 2. The number of piperidine rings is 1. The number of halogens is 1. The van der Waals surface area contributed by atoms with Crippen molar-refractivity contribution in [3.8, 4) is 0 Å². The molecule has 1 aromatic carbocycles. The fourth-order valence-electron chi connectivity index (χ4n) is 5.00. The summed E-state index contributed by atoms with van der Waals surface area (Å²) in [5.41, 5.74) is 0. The summed E-state index contributed by atoms with van der Waals surface area (Å²) < 4.78 is 29.1. The Hall–Kier alpha value is -2.47. The van der Waals surface area contributed by atoms with Crippen molar-refractivity contribution in [3.63, 3.8) is 0 Å². The lowest BCUT2D eigenvalue weighted by atomic mass is 9.95. The van der Waals surface area contributed by atoms with Crippen molar-refractivity contribution in [2.24, 2.45) is 5.92 Å². The topological polar surface area (TPSA) is 90.0 Å². The molecule has 4 heterocycles. The number of carbonyl (C=O) groups is 1. The number of nitrogens with zero attached hydrogens (tertiary/aromatic N) is 6. The second kappa shape index (κ2) is 10.4. The van der Waals surface area contributed by atoms with Gasteiger partial charge in [-0.15, -0.1) is 11.3 Å². The van der Waals surface area contributed by atoms with Crippen LogP contribution in [0.25, 0.3) is 10.1 Å². The molecule has 2 aliphatic rings. The standard InChI is InChI=1S/C25H31ClN6O3S2/c1-17-14-31(37(34,35)24-12-19-4-5-20(26)13-21(19)36-24)16-23(33)32(17)15-18-7-10-30(11-8-18)22-6-9-27-25(28-22)29(2)3/h4-6,9,12-13,17-18H,7-8,10-11,14-16H2,1-3H3/t17-/m1/s1. The van der Waals surface area contributed by atoms with E-state index in [1.54, 1.807) is 24.4 Å². The van der Waals surface area contributed by atoms with E-state index in [9.17, 15) is 13.2 Å². The van der Waals surface area contributed by atoms with Crippen LogP contribution >= 0.6 is 22.9 Å². The molecule has 1 amide bonds. The second-order valence-corrected chi connectivity index (χ2v) is 13.7. The van der Waals surface area contributed by atoms with Crippen molar-refractivity contribution in [3.05, 3.63) is 41.6 Å². The molecule has 37 heavy (non-hydrogen) atoms. The van der Waals surface area contributed by atoms with Gasteiger partial charge in [0.15, 0.2) is 0 Å².